The van der Waals surface area contributed by atoms with E-state index in [1.807, 2.05) is 12.1 Å². The molecule has 1 aromatic rings. The maximum absolute atomic E-state index is 5.52. The maximum atomic E-state index is 5.52. The second-order valence-corrected chi connectivity index (χ2v) is 5.18. The molecule has 1 heterocycles. The van der Waals surface area contributed by atoms with Crippen LogP contribution in [-0.2, 0) is 11.2 Å². The van der Waals surface area contributed by atoms with E-state index >= 15 is 0 Å². The van der Waals surface area contributed by atoms with Crippen molar-refractivity contribution in [3.8, 4) is 5.88 Å². The van der Waals surface area contributed by atoms with Gasteiger partial charge in [-0.3, -0.25) is 0 Å². The zero-order valence-corrected chi connectivity index (χ0v) is 12.8. The van der Waals surface area contributed by atoms with Gasteiger partial charge < -0.3 is 9.47 Å². The van der Waals surface area contributed by atoms with Crippen molar-refractivity contribution in [1.29, 1.82) is 0 Å². The number of hydrogen-bond acceptors (Lipinski definition) is 3. The van der Waals surface area contributed by atoms with E-state index in [-0.39, 0.29) is 0 Å². The summed E-state index contributed by atoms with van der Waals surface area (Å²) < 4.78 is 10.5. The minimum absolute atomic E-state index is 0.528. The van der Waals surface area contributed by atoms with Crippen LogP contribution in [0.5, 0.6) is 5.88 Å². The lowest BCUT2D eigenvalue weighted by molar-refractivity contribution is 0.143. The zero-order valence-electron chi connectivity index (χ0n) is 12.8. The molecule has 1 aliphatic rings. The minimum Gasteiger partial charge on any atom is -0.475 e. The predicted molar refractivity (Wildman–Crippen MR) is 85.5 cm³/mol. The van der Waals surface area contributed by atoms with Gasteiger partial charge in [0, 0.05) is 19.4 Å². The first-order valence-corrected chi connectivity index (χ1v) is 7.38. The van der Waals surface area contributed by atoms with Crippen LogP contribution in [0.15, 0.2) is 53.8 Å². The normalized spacial score (nSPS) is 15.0. The summed E-state index contributed by atoms with van der Waals surface area (Å²) in [4.78, 5) is 4.20. The fourth-order valence-corrected chi connectivity index (χ4v) is 2.22. The van der Waals surface area contributed by atoms with E-state index < -0.39 is 0 Å². The lowest BCUT2D eigenvalue weighted by Crippen LogP contribution is -2.05. The zero-order chi connectivity index (χ0) is 14.9. The number of pyridine rings is 1. The Hall–Kier alpha value is -1.87. The van der Waals surface area contributed by atoms with E-state index in [1.54, 1.807) is 13.3 Å². The fraction of sp³-hybridized carbons (Fsp3) is 0.389. The highest BCUT2D eigenvalue weighted by atomic mass is 16.5. The molecule has 0 aliphatic heterocycles. The number of ether oxygens (including phenoxy) is 2. The standard InChI is InChI=1S/C18H23NO2/c1-15-5-3-6-16(13-15)7-4-8-17-9-10-19-18(14-17)21-12-11-20-2/h4,6-7,9-10,13-14H,3,5,8,11-12H2,1-2H3/b7-4-. The average molecular weight is 285 g/mol. The van der Waals surface area contributed by atoms with E-state index in [4.69, 9.17) is 9.47 Å². The van der Waals surface area contributed by atoms with Gasteiger partial charge in [-0.15, -0.1) is 0 Å². The smallest absolute Gasteiger partial charge is 0.213 e. The van der Waals surface area contributed by atoms with Crippen molar-refractivity contribution in [1.82, 2.24) is 4.98 Å². The molecule has 0 unspecified atom stereocenters. The van der Waals surface area contributed by atoms with Gasteiger partial charge in [-0.1, -0.05) is 29.9 Å². The highest BCUT2D eigenvalue weighted by Gasteiger charge is 1.99. The van der Waals surface area contributed by atoms with Crippen LogP contribution in [-0.4, -0.2) is 25.3 Å². The molecule has 0 saturated carbocycles. The third-order valence-corrected chi connectivity index (χ3v) is 3.33. The molecule has 0 amide bonds. The van der Waals surface area contributed by atoms with Gasteiger partial charge in [-0.05, 0) is 43.4 Å². The number of nitrogens with zero attached hydrogens (tertiary/aromatic N) is 1. The van der Waals surface area contributed by atoms with Crippen LogP contribution < -0.4 is 4.74 Å². The quantitative estimate of drug-likeness (QED) is 0.713. The van der Waals surface area contributed by atoms with Crippen LogP contribution in [0.4, 0.5) is 0 Å². The van der Waals surface area contributed by atoms with Crippen molar-refractivity contribution in [2.24, 2.45) is 0 Å². The fourth-order valence-electron chi connectivity index (χ4n) is 2.22. The Morgan fingerprint density at radius 3 is 3.05 bits per heavy atom. The predicted octanol–water partition coefficient (Wildman–Crippen LogP) is 3.87. The molecule has 0 spiro atoms. The van der Waals surface area contributed by atoms with Crippen molar-refractivity contribution in [3.63, 3.8) is 0 Å². The van der Waals surface area contributed by atoms with Gasteiger partial charge in [0.05, 0.1) is 6.61 Å². The highest BCUT2D eigenvalue weighted by Crippen LogP contribution is 2.18. The third kappa shape index (κ3) is 5.56. The summed E-state index contributed by atoms with van der Waals surface area (Å²) in [6.07, 6.45) is 13.9. The van der Waals surface area contributed by atoms with Crippen molar-refractivity contribution in [2.75, 3.05) is 20.3 Å². The number of methoxy groups -OCH3 is 1. The molecular weight excluding hydrogens is 262 g/mol. The molecule has 0 bridgehead atoms. The Balaban J connectivity index is 1.88. The van der Waals surface area contributed by atoms with E-state index in [0.29, 0.717) is 19.1 Å². The molecular formula is C18H23NO2. The second kappa shape index (κ2) is 8.42. The Kier molecular flexibility index (Phi) is 6.22. The van der Waals surface area contributed by atoms with Crippen LogP contribution in [0.1, 0.15) is 25.3 Å². The average Bonchev–Trinajstić information content (AvgIpc) is 2.48. The first-order valence-electron chi connectivity index (χ1n) is 7.38. The summed E-state index contributed by atoms with van der Waals surface area (Å²) in [6.45, 7) is 3.29. The number of hydrogen-bond donors (Lipinski definition) is 0. The van der Waals surface area contributed by atoms with Crippen LogP contribution in [0.25, 0.3) is 0 Å². The Morgan fingerprint density at radius 1 is 1.33 bits per heavy atom. The largest absolute Gasteiger partial charge is 0.475 e. The molecule has 0 fully saturated rings. The molecule has 21 heavy (non-hydrogen) atoms. The molecule has 3 nitrogen and oxygen atoms in total. The highest BCUT2D eigenvalue weighted by molar-refractivity contribution is 5.36. The number of aromatic nitrogens is 1. The van der Waals surface area contributed by atoms with Gasteiger partial charge in [-0.2, -0.15) is 0 Å². The summed E-state index contributed by atoms with van der Waals surface area (Å²) in [7, 11) is 1.66. The van der Waals surface area contributed by atoms with E-state index in [2.05, 4.69) is 36.2 Å². The van der Waals surface area contributed by atoms with Crippen LogP contribution in [0.2, 0.25) is 0 Å². The monoisotopic (exact) mass is 285 g/mol. The number of allylic oxidation sites excluding steroid dienone is 6. The summed E-state index contributed by atoms with van der Waals surface area (Å²) in [5, 5.41) is 0. The SMILES string of the molecule is COCCOc1cc(C/C=C\C2=CCCC(C)=C2)ccn1. The molecule has 1 aliphatic carbocycles. The molecule has 2 rings (SSSR count). The molecule has 0 saturated heterocycles. The summed E-state index contributed by atoms with van der Waals surface area (Å²) in [5.74, 6) is 0.658. The van der Waals surface area contributed by atoms with Crippen LogP contribution in [0.3, 0.4) is 0 Å². The van der Waals surface area contributed by atoms with Crippen LogP contribution >= 0.6 is 0 Å². The van der Waals surface area contributed by atoms with Crippen molar-refractivity contribution in [3.05, 3.63) is 59.3 Å². The Bertz CT molecular complexity index is 544. The molecule has 3 heteroatoms. The third-order valence-electron chi connectivity index (χ3n) is 3.33. The molecule has 0 radical (unpaired) electrons. The first kappa shape index (κ1) is 15.5. The van der Waals surface area contributed by atoms with Gasteiger partial charge in [-0.25, -0.2) is 4.98 Å². The van der Waals surface area contributed by atoms with Gasteiger partial charge in [0.1, 0.15) is 6.61 Å². The second-order valence-electron chi connectivity index (χ2n) is 5.18. The van der Waals surface area contributed by atoms with Gasteiger partial charge >= 0.3 is 0 Å². The lowest BCUT2D eigenvalue weighted by Gasteiger charge is -2.07. The summed E-state index contributed by atoms with van der Waals surface area (Å²) >= 11 is 0. The van der Waals surface area contributed by atoms with Crippen molar-refractivity contribution < 1.29 is 9.47 Å². The van der Waals surface area contributed by atoms with Crippen LogP contribution in [0, 0.1) is 0 Å². The van der Waals surface area contributed by atoms with Gasteiger partial charge in [0.25, 0.3) is 0 Å². The van der Waals surface area contributed by atoms with E-state index in [1.165, 1.54) is 23.1 Å². The maximum Gasteiger partial charge on any atom is 0.213 e. The number of rotatable bonds is 7. The molecule has 0 aromatic carbocycles. The van der Waals surface area contributed by atoms with Gasteiger partial charge in [0.2, 0.25) is 5.88 Å². The Morgan fingerprint density at radius 2 is 2.24 bits per heavy atom. The van der Waals surface area contributed by atoms with E-state index in [9.17, 15) is 0 Å². The van der Waals surface area contributed by atoms with Crippen molar-refractivity contribution >= 4 is 0 Å². The summed E-state index contributed by atoms with van der Waals surface area (Å²) in [5.41, 5.74) is 3.96. The molecule has 112 valence electrons. The molecule has 0 atom stereocenters. The van der Waals surface area contributed by atoms with Crippen molar-refractivity contribution in [2.45, 2.75) is 26.2 Å². The van der Waals surface area contributed by atoms with E-state index in [0.717, 1.165) is 12.8 Å². The Labute approximate surface area is 127 Å². The molecule has 1 aromatic heterocycles. The lowest BCUT2D eigenvalue weighted by atomic mass is 10.00. The van der Waals surface area contributed by atoms with Gasteiger partial charge in [0.15, 0.2) is 0 Å². The topological polar surface area (TPSA) is 31.4 Å². The molecule has 0 N–H and O–H groups in total. The minimum atomic E-state index is 0.528. The first-order chi connectivity index (χ1) is 10.3. The summed E-state index contributed by atoms with van der Waals surface area (Å²) in [6, 6.07) is 4.00.